The minimum atomic E-state index is -4.29. The zero-order valence-corrected chi connectivity index (χ0v) is 12.5. The number of phosphoric ester groups is 1. The first kappa shape index (κ1) is 16.1. The Kier molecular flexibility index (Phi) is 4.80. The first-order chi connectivity index (χ1) is 9.82. The summed E-state index contributed by atoms with van der Waals surface area (Å²) in [5.74, 6) is 0. The van der Waals surface area contributed by atoms with E-state index in [1.165, 1.54) is 10.8 Å². The van der Waals surface area contributed by atoms with Crippen molar-refractivity contribution in [2.75, 3.05) is 13.7 Å². The summed E-state index contributed by atoms with van der Waals surface area (Å²) in [6, 6.07) is 0. The lowest BCUT2D eigenvalue weighted by molar-refractivity contribution is -0.225. The Bertz CT molecular complexity index is 667. The Balaban J connectivity index is 2.03. The lowest BCUT2D eigenvalue weighted by Crippen LogP contribution is -2.33. The molecular weight excluding hydrogens is 303 g/mol. The quantitative estimate of drug-likeness (QED) is 0.736. The van der Waals surface area contributed by atoms with E-state index in [0.717, 1.165) is 7.11 Å². The Labute approximate surface area is 120 Å². The van der Waals surface area contributed by atoms with Crippen molar-refractivity contribution in [2.24, 2.45) is 0 Å². The third-order valence-corrected chi connectivity index (χ3v) is 4.10. The van der Waals surface area contributed by atoms with Gasteiger partial charge in [0.15, 0.2) is 0 Å². The fourth-order valence-electron chi connectivity index (χ4n) is 2.04. The van der Waals surface area contributed by atoms with E-state index in [0.29, 0.717) is 18.4 Å². The van der Waals surface area contributed by atoms with Crippen LogP contribution in [-0.4, -0.2) is 29.4 Å². The maximum atomic E-state index is 11.7. The smallest absolute Gasteiger partial charge is 0.330 e. The van der Waals surface area contributed by atoms with Gasteiger partial charge in [0.25, 0.3) is 13.4 Å². The zero-order chi connectivity index (χ0) is 15.6. The fraction of sp³-hybridized carbons (Fsp3) is 0.636. The van der Waals surface area contributed by atoms with E-state index < -0.39 is 31.4 Å². The Morgan fingerprint density at radius 2 is 2.24 bits per heavy atom. The molecule has 118 valence electrons. The predicted octanol–water partition coefficient (Wildman–Crippen LogP) is -0.346. The van der Waals surface area contributed by atoms with E-state index in [2.05, 4.69) is 14.0 Å². The van der Waals surface area contributed by atoms with E-state index >= 15 is 0 Å². The van der Waals surface area contributed by atoms with Crippen LogP contribution in [0.15, 0.2) is 15.8 Å². The molecule has 0 spiro atoms. The molecule has 0 aromatic carbocycles. The Morgan fingerprint density at radius 1 is 1.52 bits per heavy atom. The molecule has 0 aliphatic carbocycles. The van der Waals surface area contributed by atoms with Crippen LogP contribution in [0.1, 0.15) is 24.6 Å². The summed E-state index contributed by atoms with van der Waals surface area (Å²) in [6.07, 6.45) is 1.43. The molecule has 10 heteroatoms. The van der Waals surface area contributed by atoms with Gasteiger partial charge in [0, 0.05) is 18.9 Å². The molecule has 9 nitrogen and oxygen atoms in total. The highest BCUT2D eigenvalue weighted by atomic mass is 31.2. The molecule has 0 saturated carbocycles. The van der Waals surface area contributed by atoms with Crippen LogP contribution in [0.3, 0.4) is 0 Å². The van der Waals surface area contributed by atoms with Crippen LogP contribution in [0.5, 0.6) is 0 Å². The fourth-order valence-corrected chi connectivity index (χ4v) is 2.50. The highest BCUT2D eigenvalue weighted by Crippen LogP contribution is 2.38. The first-order valence-corrected chi connectivity index (χ1v) is 7.77. The van der Waals surface area contributed by atoms with Gasteiger partial charge in [-0.1, -0.05) is 0 Å². The van der Waals surface area contributed by atoms with Crippen molar-refractivity contribution in [3.8, 4) is 0 Å². The van der Waals surface area contributed by atoms with Crippen molar-refractivity contribution in [2.45, 2.75) is 32.1 Å². The summed E-state index contributed by atoms with van der Waals surface area (Å²) in [5, 5.41) is 0. The van der Waals surface area contributed by atoms with Crippen LogP contribution in [0.4, 0.5) is 0 Å². The zero-order valence-electron chi connectivity index (χ0n) is 11.6. The summed E-state index contributed by atoms with van der Waals surface area (Å²) in [7, 11) is -3.28. The van der Waals surface area contributed by atoms with Gasteiger partial charge in [0.1, 0.15) is 6.23 Å². The number of H-pyrrole nitrogens is 1. The Morgan fingerprint density at radius 3 is 2.90 bits per heavy atom. The van der Waals surface area contributed by atoms with Gasteiger partial charge >= 0.3 is 5.69 Å². The third-order valence-electron chi connectivity index (χ3n) is 3.18. The van der Waals surface area contributed by atoms with Gasteiger partial charge in [-0.2, -0.15) is 0 Å². The molecule has 1 aliphatic rings. The van der Waals surface area contributed by atoms with Crippen LogP contribution < -0.4 is 16.1 Å². The number of nitrogens with one attached hydrogen (secondary N) is 1. The number of phosphoric acid groups is 1. The van der Waals surface area contributed by atoms with Crippen LogP contribution in [0.25, 0.3) is 0 Å². The number of aromatic nitrogens is 2. The molecular formula is C11H16N2O7P-. The molecule has 0 amide bonds. The molecule has 0 radical (unpaired) electrons. The SMILES string of the molecule is COP(=O)([O-])OC[C@H]1CC[C@@H](n2cc(C)c(=O)[nH]c2=O)O1. The van der Waals surface area contributed by atoms with Gasteiger partial charge in [-0.3, -0.25) is 18.9 Å². The largest absolute Gasteiger partial charge is 0.756 e. The minimum absolute atomic E-state index is 0.178. The van der Waals surface area contributed by atoms with Gasteiger partial charge in [0.2, 0.25) is 0 Å². The molecule has 21 heavy (non-hydrogen) atoms. The summed E-state index contributed by atoms with van der Waals surface area (Å²) >= 11 is 0. The van der Waals surface area contributed by atoms with E-state index in [9.17, 15) is 19.0 Å². The lowest BCUT2D eigenvalue weighted by atomic mass is 10.2. The molecule has 1 aromatic heterocycles. The number of rotatable bonds is 5. The molecule has 1 saturated heterocycles. The van der Waals surface area contributed by atoms with E-state index in [1.807, 2.05) is 0 Å². The number of hydrogen-bond donors (Lipinski definition) is 1. The molecule has 0 bridgehead atoms. The second kappa shape index (κ2) is 6.25. The molecule has 1 aromatic rings. The van der Waals surface area contributed by atoms with Crippen molar-refractivity contribution >= 4 is 7.82 Å². The normalized spacial score (nSPS) is 24.9. The molecule has 2 heterocycles. The number of hydrogen-bond acceptors (Lipinski definition) is 7. The summed E-state index contributed by atoms with van der Waals surface area (Å²) < 4.78 is 26.7. The van der Waals surface area contributed by atoms with Gasteiger partial charge in [-0.15, -0.1) is 0 Å². The topological polar surface area (TPSA) is 123 Å². The standard InChI is InChI=1S/C11H17N2O7P/c1-7-5-13(11(15)12-10(7)14)9-4-3-8(20-9)6-19-21(16,17)18-2/h5,8-9H,3-4,6H2,1-2H3,(H,16,17)(H,12,14,15)/p-1/t8-,9+/m1/s1. The van der Waals surface area contributed by atoms with Crippen molar-refractivity contribution in [3.63, 3.8) is 0 Å². The van der Waals surface area contributed by atoms with Crippen molar-refractivity contribution in [3.05, 3.63) is 32.6 Å². The monoisotopic (exact) mass is 319 g/mol. The summed E-state index contributed by atoms with van der Waals surface area (Å²) in [5.41, 5.74) is -0.619. The highest BCUT2D eigenvalue weighted by Gasteiger charge is 2.28. The van der Waals surface area contributed by atoms with Crippen LogP contribution in [0.2, 0.25) is 0 Å². The van der Waals surface area contributed by atoms with E-state index in [1.54, 1.807) is 6.92 Å². The van der Waals surface area contributed by atoms with E-state index in [4.69, 9.17) is 4.74 Å². The lowest BCUT2D eigenvalue weighted by Gasteiger charge is -2.22. The molecule has 1 unspecified atom stereocenters. The molecule has 1 fully saturated rings. The number of nitrogens with zero attached hydrogens (tertiary/aromatic N) is 1. The number of aryl methyl sites for hydroxylation is 1. The molecule has 3 atom stereocenters. The van der Waals surface area contributed by atoms with Gasteiger partial charge in [0.05, 0.1) is 12.7 Å². The van der Waals surface area contributed by atoms with E-state index in [-0.39, 0.29) is 6.61 Å². The Hall–Kier alpha value is -1.25. The second-order valence-electron chi connectivity index (χ2n) is 4.69. The first-order valence-electron chi connectivity index (χ1n) is 6.31. The van der Waals surface area contributed by atoms with Crippen LogP contribution in [0, 0.1) is 6.92 Å². The van der Waals surface area contributed by atoms with Crippen molar-refractivity contribution in [1.82, 2.24) is 9.55 Å². The van der Waals surface area contributed by atoms with Gasteiger partial charge in [-0.05, 0) is 19.8 Å². The van der Waals surface area contributed by atoms with Gasteiger partial charge in [-0.25, -0.2) is 4.79 Å². The average Bonchev–Trinajstić information content (AvgIpc) is 2.89. The van der Waals surface area contributed by atoms with Crippen molar-refractivity contribution in [1.29, 1.82) is 0 Å². The number of aromatic amines is 1. The van der Waals surface area contributed by atoms with Crippen molar-refractivity contribution < 1.29 is 23.2 Å². The van der Waals surface area contributed by atoms with Crippen LogP contribution >= 0.6 is 7.82 Å². The second-order valence-corrected chi connectivity index (χ2v) is 6.21. The molecule has 1 N–H and O–H groups in total. The molecule has 1 aliphatic heterocycles. The van der Waals surface area contributed by atoms with Gasteiger partial charge < -0.3 is 18.7 Å². The molecule has 2 rings (SSSR count). The maximum Gasteiger partial charge on any atom is 0.330 e. The summed E-state index contributed by atoms with van der Waals surface area (Å²) in [6.45, 7) is 1.40. The highest BCUT2D eigenvalue weighted by molar-refractivity contribution is 7.45. The average molecular weight is 319 g/mol. The third kappa shape index (κ3) is 3.90. The van der Waals surface area contributed by atoms with Crippen LogP contribution in [-0.2, 0) is 18.3 Å². The summed E-state index contributed by atoms with van der Waals surface area (Å²) in [4.78, 5) is 36.3. The number of ether oxygens (including phenoxy) is 1. The minimum Gasteiger partial charge on any atom is -0.756 e. The maximum absolute atomic E-state index is 11.7. The predicted molar refractivity (Wildman–Crippen MR) is 69.8 cm³/mol.